The van der Waals surface area contributed by atoms with Crippen molar-refractivity contribution in [2.24, 2.45) is 0 Å². The number of nitrogens with zero attached hydrogens (tertiary/aromatic N) is 4. The lowest BCUT2D eigenvalue weighted by molar-refractivity contribution is 0.155. The zero-order valence-electron chi connectivity index (χ0n) is 7.12. The van der Waals surface area contributed by atoms with Crippen LogP contribution in [0.2, 0.25) is 0 Å². The topological polar surface area (TPSA) is 98.0 Å². The van der Waals surface area contributed by atoms with Crippen LogP contribution in [0.25, 0.3) is 11.0 Å². The summed E-state index contributed by atoms with van der Waals surface area (Å²) in [5.74, 6) is 0. The Morgan fingerprint density at radius 3 is 2.86 bits per heavy atom. The Balaban J connectivity index is 2.93. The summed E-state index contributed by atoms with van der Waals surface area (Å²) < 4.78 is 22.4. The van der Waals surface area contributed by atoms with E-state index < -0.39 is 9.84 Å². The van der Waals surface area contributed by atoms with Crippen molar-refractivity contribution in [3.8, 4) is 0 Å². The molecule has 0 spiro atoms. The van der Waals surface area contributed by atoms with Gasteiger partial charge in [0.1, 0.15) is 6.33 Å². The van der Waals surface area contributed by atoms with Gasteiger partial charge in [-0.25, -0.2) is 18.4 Å². The lowest BCUT2D eigenvalue weighted by Gasteiger charge is -1.89. The molecule has 2 rings (SSSR count). The van der Waals surface area contributed by atoms with Gasteiger partial charge in [-0.3, -0.25) is 0 Å². The molecular formula is C6H6N4O3S. The molecule has 0 fully saturated rings. The van der Waals surface area contributed by atoms with Gasteiger partial charge in [0.25, 0.3) is 0 Å². The summed E-state index contributed by atoms with van der Waals surface area (Å²) in [6, 6.07) is 0. The normalized spacial score (nSPS) is 12.1. The molecule has 0 atom stereocenters. The number of hydrogen-bond acceptors (Lipinski definition) is 6. The first kappa shape index (κ1) is 8.88. The van der Waals surface area contributed by atoms with Crippen LogP contribution in [0.15, 0.2) is 17.6 Å². The minimum Gasteiger partial charge on any atom is -0.410 e. The van der Waals surface area contributed by atoms with E-state index >= 15 is 0 Å². The third-order valence-corrected chi connectivity index (χ3v) is 2.65. The highest BCUT2D eigenvalue weighted by Gasteiger charge is 2.19. The van der Waals surface area contributed by atoms with E-state index in [0.29, 0.717) is 4.85 Å². The van der Waals surface area contributed by atoms with Crippen molar-refractivity contribution in [1.29, 1.82) is 0 Å². The maximum absolute atomic E-state index is 11.2. The molecule has 2 aromatic rings. The molecule has 1 N–H and O–H groups in total. The summed E-state index contributed by atoms with van der Waals surface area (Å²) in [4.78, 5) is 7.77. The average molecular weight is 214 g/mol. The number of sulfone groups is 1. The zero-order valence-corrected chi connectivity index (χ0v) is 7.93. The zero-order chi connectivity index (χ0) is 10.3. The van der Waals surface area contributed by atoms with Crippen molar-refractivity contribution >= 4 is 20.9 Å². The summed E-state index contributed by atoms with van der Waals surface area (Å²) in [6.45, 7) is 0. The third kappa shape index (κ3) is 1.20. The molecule has 14 heavy (non-hydrogen) atoms. The second-order valence-corrected chi connectivity index (χ2v) is 4.66. The predicted molar refractivity (Wildman–Crippen MR) is 45.6 cm³/mol. The van der Waals surface area contributed by atoms with Crippen LogP contribution in [-0.2, 0) is 9.84 Å². The van der Waals surface area contributed by atoms with E-state index in [2.05, 4.69) is 15.1 Å². The van der Waals surface area contributed by atoms with Crippen molar-refractivity contribution in [1.82, 2.24) is 19.9 Å². The Morgan fingerprint density at radius 1 is 1.50 bits per heavy atom. The summed E-state index contributed by atoms with van der Waals surface area (Å²) in [5.41, 5.74) is 0.0698. The van der Waals surface area contributed by atoms with E-state index in [-0.39, 0.29) is 16.1 Å². The third-order valence-electron chi connectivity index (χ3n) is 1.65. The molecule has 0 radical (unpaired) electrons. The molecule has 0 bridgehead atoms. The van der Waals surface area contributed by atoms with E-state index in [1.54, 1.807) is 0 Å². The van der Waals surface area contributed by atoms with E-state index in [4.69, 9.17) is 0 Å². The van der Waals surface area contributed by atoms with Crippen LogP contribution < -0.4 is 0 Å². The lowest BCUT2D eigenvalue weighted by Crippen LogP contribution is -2.00. The highest BCUT2D eigenvalue weighted by atomic mass is 32.2. The van der Waals surface area contributed by atoms with Crippen LogP contribution in [0.3, 0.4) is 0 Å². The Hall–Kier alpha value is -1.70. The molecule has 74 valence electrons. The molecule has 0 saturated carbocycles. The van der Waals surface area contributed by atoms with E-state index in [1.807, 2.05) is 0 Å². The predicted octanol–water partition coefficient (Wildman–Crippen LogP) is -0.533. The van der Waals surface area contributed by atoms with E-state index in [9.17, 15) is 13.6 Å². The standard InChI is InChI=1S/C6H6N4O3S/c1-14(12,13)6-4-2-7-3-8-5(4)10(11)9-6/h2-3,11H,1H3. The number of aromatic nitrogens is 4. The SMILES string of the molecule is CS(=O)(=O)c1nn(O)c2ncncc12. The van der Waals surface area contributed by atoms with Gasteiger partial charge in [0.15, 0.2) is 14.9 Å². The Morgan fingerprint density at radius 2 is 2.21 bits per heavy atom. The van der Waals surface area contributed by atoms with Gasteiger partial charge >= 0.3 is 0 Å². The maximum atomic E-state index is 11.2. The molecule has 8 heteroatoms. The van der Waals surface area contributed by atoms with Crippen LogP contribution in [0.1, 0.15) is 0 Å². The second-order valence-electron chi connectivity index (χ2n) is 2.73. The molecule has 2 aromatic heterocycles. The molecule has 0 aliphatic carbocycles. The van der Waals surface area contributed by atoms with Gasteiger partial charge < -0.3 is 5.21 Å². The van der Waals surface area contributed by atoms with Crippen molar-refractivity contribution < 1.29 is 13.6 Å². The summed E-state index contributed by atoms with van der Waals surface area (Å²) in [5, 5.41) is 12.6. The second kappa shape index (κ2) is 2.64. The van der Waals surface area contributed by atoms with Crippen molar-refractivity contribution in [3.63, 3.8) is 0 Å². The first-order valence-corrected chi connectivity index (χ1v) is 5.47. The first-order valence-electron chi connectivity index (χ1n) is 3.58. The lowest BCUT2D eigenvalue weighted by atomic mass is 10.4. The molecule has 0 unspecified atom stereocenters. The van der Waals surface area contributed by atoms with Crippen LogP contribution in [0.4, 0.5) is 0 Å². The smallest absolute Gasteiger partial charge is 0.203 e. The Labute approximate surface area is 78.9 Å². The van der Waals surface area contributed by atoms with Gasteiger partial charge in [-0.15, -0.1) is 5.10 Å². The monoisotopic (exact) mass is 214 g/mol. The summed E-state index contributed by atoms with van der Waals surface area (Å²) in [7, 11) is -3.48. The van der Waals surface area contributed by atoms with Crippen molar-refractivity contribution in [2.75, 3.05) is 6.26 Å². The minimum absolute atomic E-state index is 0.0698. The van der Waals surface area contributed by atoms with Crippen LogP contribution in [0, 0.1) is 0 Å². The largest absolute Gasteiger partial charge is 0.410 e. The van der Waals surface area contributed by atoms with Gasteiger partial charge in [-0.1, -0.05) is 4.85 Å². The van der Waals surface area contributed by atoms with Crippen molar-refractivity contribution in [3.05, 3.63) is 12.5 Å². The Kier molecular flexibility index (Phi) is 1.68. The molecular weight excluding hydrogens is 208 g/mol. The first-order chi connectivity index (χ1) is 6.50. The van der Waals surface area contributed by atoms with E-state index in [1.165, 1.54) is 12.5 Å². The highest BCUT2D eigenvalue weighted by Crippen LogP contribution is 2.18. The molecule has 0 aliphatic heterocycles. The highest BCUT2D eigenvalue weighted by molar-refractivity contribution is 7.90. The molecule has 2 heterocycles. The van der Waals surface area contributed by atoms with Gasteiger partial charge in [-0.2, -0.15) is 0 Å². The van der Waals surface area contributed by atoms with Gasteiger partial charge in [0.2, 0.25) is 5.65 Å². The fraction of sp³-hybridized carbons (Fsp3) is 0.167. The van der Waals surface area contributed by atoms with Gasteiger partial charge in [0, 0.05) is 12.5 Å². The summed E-state index contributed by atoms with van der Waals surface area (Å²) in [6.07, 6.45) is 3.49. The van der Waals surface area contributed by atoms with Crippen LogP contribution in [0.5, 0.6) is 0 Å². The number of rotatable bonds is 1. The van der Waals surface area contributed by atoms with Crippen LogP contribution >= 0.6 is 0 Å². The average Bonchev–Trinajstić information content (AvgIpc) is 2.44. The molecule has 0 amide bonds. The van der Waals surface area contributed by atoms with Gasteiger partial charge in [0.05, 0.1) is 5.39 Å². The van der Waals surface area contributed by atoms with E-state index in [0.717, 1.165) is 6.26 Å². The molecule has 0 saturated heterocycles. The molecule has 0 aromatic carbocycles. The molecule has 7 nitrogen and oxygen atoms in total. The van der Waals surface area contributed by atoms with Gasteiger partial charge in [-0.05, 0) is 0 Å². The van der Waals surface area contributed by atoms with Crippen LogP contribution in [-0.4, -0.2) is 39.8 Å². The number of fused-ring (bicyclic) bond motifs is 1. The fourth-order valence-corrected chi connectivity index (χ4v) is 1.86. The quantitative estimate of drug-likeness (QED) is 0.640. The summed E-state index contributed by atoms with van der Waals surface area (Å²) >= 11 is 0. The minimum atomic E-state index is -3.48. The Bertz CT molecular complexity index is 588. The fourth-order valence-electron chi connectivity index (χ4n) is 1.09. The number of hydrogen-bond donors (Lipinski definition) is 1. The van der Waals surface area contributed by atoms with Crippen molar-refractivity contribution in [2.45, 2.75) is 5.03 Å². The molecule has 0 aliphatic rings. The maximum Gasteiger partial charge on any atom is 0.203 e.